The van der Waals surface area contributed by atoms with Crippen LogP contribution in [0.15, 0.2) is 24.8 Å². The zero-order chi connectivity index (χ0) is 17.3. The Balaban J connectivity index is 1.75. The summed E-state index contributed by atoms with van der Waals surface area (Å²) >= 11 is 0. The van der Waals surface area contributed by atoms with E-state index in [1.54, 1.807) is 0 Å². The van der Waals surface area contributed by atoms with Crippen molar-refractivity contribution in [3.05, 3.63) is 47.6 Å². The normalized spacial score (nSPS) is 17.8. The molecule has 0 aliphatic heterocycles. The van der Waals surface area contributed by atoms with E-state index in [-0.39, 0.29) is 49.5 Å². The molecule has 0 spiro atoms. The lowest BCUT2D eigenvalue weighted by Crippen LogP contribution is -2.24. The Bertz CT molecular complexity index is 751. The minimum atomic E-state index is -2.67. The van der Waals surface area contributed by atoms with Gasteiger partial charge in [-0.15, -0.1) is 0 Å². The molecule has 0 amide bonds. The first-order chi connectivity index (χ1) is 11.4. The molecule has 0 aromatic carbocycles. The van der Waals surface area contributed by atoms with Crippen molar-refractivity contribution in [3.8, 4) is 0 Å². The second-order valence-corrected chi connectivity index (χ2v) is 6.05. The van der Waals surface area contributed by atoms with Crippen LogP contribution in [0.3, 0.4) is 0 Å². The number of imidazole rings is 1. The summed E-state index contributed by atoms with van der Waals surface area (Å²) in [5.41, 5.74) is 0.685. The van der Waals surface area contributed by atoms with Gasteiger partial charge in [-0.3, -0.25) is 4.98 Å². The van der Waals surface area contributed by atoms with E-state index in [4.69, 9.17) is 5.11 Å². The van der Waals surface area contributed by atoms with Gasteiger partial charge in [0.1, 0.15) is 11.5 Å². The van der Waals surface area contributed by atoms with Crippen molar-refractivity contribution in [3.63, 3.8) is 0 Å². The molecule has 1 aliphatic carbocycles. The number of nitrogens with zero attached hydrogens (tertiary/aromatic N) is 3. The van der Waals surface area contributed by atoms with Crippen LogP contribution in [-0.4, -0.2) is 31.5 Å². The lowest BCUT2D eigenvalue weighted by Gasteiger charge is -2.28. The van der Waals surface area contributed by atoms with Crippen LogP contribution in [0.25, 0.3) is 0 Å². The lowest BCUT2D eigenvalue weighted by atomic mass is 9.84. The number of rotatable bonds is 4. The molecule has 2 aromatic rings. The Kier molecular flexibility index (Phi) is 4.29. The predicted octanol–water partition coefficient (Wildman–Crippen LogP) is 3.46. The van der Waals surface area contributed by atoms with Gasteiger partial charge in [-0.2, -0.15) is 0 Å². The van der Waals surface area contributed by atoms with Crippen molar-refractivity contribution in [2.45, 2.75) is 44.1 Å². The first-order valence-electron chi connectivity index (χ1n) is 7.61. The van der Waals surface area contributed by atoms with E-state index >= 15 is 0 Å². The van der Waals surface area contributed by atoms with Crippen LogP contribution in [0.5, 0.6) is 0 Å². The number of carboxylic acids is 1. The highest BCUT2D eigenvalue weighted by molar-refractivity contribution is 5.85. The molecule has 1 saturated carbocycles. The van der Waals surface area contributed by atoms with Crippen LogP contribution < -0.4 is 0 Å². The van der Waals surface area contributed by atoms with Gasteiger partial charge in [-0.05, 0) is 24.5 Å². The van der Waals surface area contributed by atoms with E-state index in [9.17, 15) is 18.0 Å². The van der Waals surface area contributed by atoms with E-state index in [0.717, 1.165) is 0 Å². The Morgan fingerprint density at radius 1 is 1.33 bits per heavy atom. The third kappa shape index (κ3) is 3.42. The van der Waals surface area contributed by atoms with Crippen LogP contribution >= 0.6 is 0 Å². The zero-order valence-electron chi connectivity index (χ0n) is 12.8. The van der Waals surface area contributed by atoms with Crippen molar-refractivity contribution in [1.29, 1.82) is 0 Å². The Morgan fingerprint density at radius 3 is 2.67 bits per heavy atom. The SMILES string of the molecule is O=C(O)c1cncn1Cc1cnc(C2CCC(F)(F)CC2)c(F)c1. The van der Waals surface area contributed by atoms with Crippen LogP contribution in [-0.2, 0) is 6.54 Å². The van der Waals surface area contributed by atoms with Crippen molar-refractivity contribution in [2.24, 2.45) is 0 Å². The van der Waals surface area contributed by atoms with Gasteiger partial charge in [0.15, 0.2) is 0 Å². The summed E-state index contributed by atoms with van der Waals surface area (Å²) in [7, 11) is 0. The third-order valence-electron chi connectivity index (χ3n) is 4.31. The van der Waals surface area contributed by atoms with E-state index < -0.39 is 17.7 Å². The number of carbonyl (C=O) groups is 1. The maximum absolute atomic E-state index is 14.3. The number of halogens is 3. The molecule has 2 heterocycles. The number of aromatic carboxylic acids is 1. The maximum atomic E-state index is 14.3. The molecule has 0 radical (unpaired) electrons. The molecule has 3 rings (SSSR count). The summed E-state index contributed by atoms with van der Waals surface area (Å²) in [6.07, 6.45) is 3.93. The molecule has 0 unspecified atom stereocenters. The largest absolute Gasteiger partial charge is 0.477 e. The summed E-state index contributed by atoms with van der Waals surface area (Å²) in [4.78, 5) is 18.9. The van der Waals surface area contributed by atoms with Crippen molar-refractivity contribution >= 4 is 5.97 Å². The highest BCUT2D eigenvalue weighted by Crippen LogP contribution is 2.40. The average molecular weight is 339 g/mol. The van der Waals surface area contributed by atoms with Gasteiger partial charge in [0.25, 0.3) is 0 Å². The number of alkyl halides is 2. The Morgan fingerprint density at radius 2 is 2.04 bits per heavy atom. The van der Waals surface area contributed by atoms with Gasteiger partial charge in [0.2, 0.25) is 5.92 Å². The smallest absolute Gasteiger partial charge is 0.354 e. The van der Waals surface area contributed by atoms with Gasteiger partial charge in [-0.25, -0.2) is 22.9 Å². The van der Waals surface area contributed by atoms with Crippen molar-refractivity contribution < 1.29 is 23.1 Å². The van der Waals surface area contributed by atoms with Crippen molar-refractivity contribution in [1.82, 2.24) is 14.5 Å². The first kappa shape index (κ1) is 16.5. The minimum Gasteiger partial charge on any atom is -0.477 e. The van der Waals surface area contributed by atoms with Gasteiger partial charge >= 0.3 is 5.97 Å². The van der Waals surface area contributed by atoms with E-state index in [1.165, 1.54) is 29.4 Å². The first-order valence-corrected chi connectivity index (χ1v) is 7.61. The number of hydrogen-bond acceptors (Lipinski definition) is 3. The molecule has 0 saturated heterocycles. The number of aromatic nitrogens is 3. The van der Waals surface area contributed by atoms with Gasteiger partial charge in [0, 0.05) is 25.0 Å². The molecule has 128 valence electrons. The molecule has 2 aromatic heterocycles. The van der Waals surface area contributed by atoms with Crippen LogP contribution in [0.1, 0.15) is 53.3 Å². The highest BCUT2D eigenvalue weighted by Gasteiger charge is 2.36. The molecule has 1 N–H and O–H groups in total. The van der Waals surface area contributed by atoms with Gasteiger partial charge < -0.3 is 9.67 Å². The molecule has 1 aliphatic rings. The fourth-order valence-electron chi connectivity index (χ4n) is 3.01. The van der Waals surface area contributed by atoms with Gasteiger partial charge in [0.05, 0.1) is 24.8 Å². The molecule has 24 heavy (non-hydrogen) atoms. The summed E-state index contributed by atoms with van der Waals surface area (Å²) in [5.74, 6) is -4.64. The molecule has 1 fully saturated rings. The summed E-state index contributed by atoms with van der Waals surface area (Å²) < 4.78 is 42.1. The zero-order valence-corrected chi connectivity index (χ0v) is 12.8. The predicted molar refractivity (Wildman–Crippen MR) is 78.6 cm³/mol. The molecule has 0 atom stereocenters. The maximum Gasteiger partial charge on any atom is 0.354 e. The second-order valence-electron chi connectivity index (χ2n) is 6.05. The highest BCUT2D eigenvalue weighted by atomic mass is 19.3. The standard InChI is InChI=1S/C16H16F3N3O2/c17-12-5-10(8-22-9-20-7-13(22)15(23)24)6-21-14(12)11-1-3-16(18,19)4-2-11/h5-7,9,11H,1-4,8H2,(H,23,24). The fourth-order valence-corrected chi connectivity index (χ4v) is 3.01. The number of hydrogen-bond donors (Lipinski definition) is 1. The Hall–Kier alpha value is -2.38. The fraction of sp³-hybridized carbons (Fsp3) is 0.438. The molecular formula is C16H16F3N3O2. The topological polar surface area (TPSA) is 68.0 Å². The molecular weight excluding hydrogens is 323 g/mol. The Labute approximate surface area is 136 Å². The monoisotopic (exact) mass is 339 g/mol. The van der Waals surface area contributed by atoms with Crippen LogP contribution in [0, 0.1) is 5.82 Å². The quantitative estimate of drug-likeness (QED) is 0.926. The average Bonchev–Trinajstić information content (AvgIpc) is 2.96. The summed E-state index contributed by atoms with van der Waals surface area (Å²) in [5, 5.41) is 9.03. The van der Waals surface area contributed by atoms with E-state index in [2.05, 4.69) is 9.97 Å². The second kappa shape index (κ2) is 6.26. The summed E-state index contributed by atoms with van der Waals surface area (Å²) in [6, 6.07) is 1.28. The summed E-state index contributed by atoms with van der Waals surface area (Å²) in [6.45, 7) is 0.120. The van der Waals surface area contributed by atoms with Crippen molar-refractivity contribution in [2.75, 3.05) is 0 Å². The van der Waals surface area contributed by atoms with Crippen LogP contribution in [0.4, 0.5) is 13.2 Å². The van der Waals surface area contributed by atoms with E-state index in [1.807, 2.05) is 0 Å². The number of pyridine rings is 1. The third-order valence-corrected chi connectivity index (χ3v) is 4.31. The molecule has 0 bridgehead atoms. The lowest BCUT2D eigenvalue weighted by molar-refractivity contribution is -0.0387. The van der Waals surface area contributed by atoms with E-state index in [0.29, 0.717) is 5.56 Å². The minimum absolute atomic E-state index is 0.00556. The molecule has 5 nitrogen and oxygen atoms in total. The number of carboxylic acid groups (broad SMARTS) is 1. The van der Waals surface area contributed by atoms with Gasteiger partial charge in [-0.1, -0.05) is 0 Å². The molecule has 8 heteroatoms. The van der Waals surface area contributed by atoms with Crippen LogP contribution in [0.2, 0.25) is 0 Å².